The van der Waals surface area contributed by atoms with Crippen LogP contribution in [0, 0.1) is 0 Å². The monoisotopic (exact) mass is 356 g/mol. The summed E-state index contributed by atoms with van der Waals surface area (Å²) in [5, 5.41) is 1.89. The standard InChI is InChI=1S/C14H17BrN2O2S/c1-10(9-16)17(2)20(18,19)14-6-4-11-7-13(15)5-3-12(11)8-14/h3-8,10H,9,16H2,1-2H3. The largest absolute Gasteiger partial charge is 0.329 e. The quantitative estimate of drug-likeness (QED) is 0.915. The van der Waals surface area contributed by atoms with Crippen LogP contribution in [0.4, 0.5) is 0 Å². The van der Waals surface area contributed by atoms with E-state index in [2.05, 4.69) is 15.9 Å². The molecule has 0 aliphatic heterocycles. The van der Waals surface area contributed by atoms with E-state index < -0.39 is 10.0 Å². The molecule has 0 amide bonds. The zero-order valence-corrected chi connectivity index (χ0v) is 13.8. The molecule has 1 atom stereocenters. The van der Waals surface area contributed by atoms with Crippen molar-refractivity contribution in [2.75, 3.05) is 13.6 Å². The molecule has 20 heavy (non-hydrogen) atoms. The van der Waals surface area contributed by atoms with Gasteiger partial charge < -0.3 is 5.73 Å². The van der Waals surface area contributed by atoms with Crippen molar-refractivity contribution in [1.82, 2.24) is 4.31 Å². The van der Waals surface area contributed by atoms with E-state index in [1.807, 2.05) is 24.3 Å². The molecule has 4 nitrogen and oxygen atoms in total. The second-order valence-electron chi connectivity index (χ2n) is 4.76. The number of hydrogen-bond donors (Lipinski definition) is 1. The first-order valence-electron chi connectivity index (χ1n) is 6.23. The van der Waals surface area contributed by atoms with Gasteiger partial charge >= 0.3 is 0 Å². The maximum absolute atomic E-state index is 12.5. The molecule has 0 aliphatic rings. The Morgan fingerprint density at radius 1 is 1.20 bits per heavy atom. The molecular formula is C14H17BrN2O2S. The molecule has 0 aliphatic carbocycles. The minimum atomic E-state index is -3.51. The van der Waals surface area contributed by atoms with Crippen LogP contribution in [-0.4, -0.2) is 32.4 Å². The summed E-state index contributed by atoms with van der Waals surface area (Å²) in [7, 11) is -1.96. The third-order valence-corrected chi connectivity index (χ3v) is 5.87. The number of halogens is 1. The van der Waals surface area contributed by atoms with Gasteiger partial charge in [-0.3, -0.25) is 0 Å². The molecule has 2 rings (SSSR count). The Balaban J connectivity index is 2.50. The Morgan fingerprint density at radius 3 is 2.45 bits per heavy atom. The minimum Gasteiger partial charge on any atom is -0.329 e. The van der Waals surface area contributed by atoms with E-state index in [4.69, 9.17) is 5.73 Å². The van der Waals surface area contributed by atoms with Crippen LogP contribution in [0.2, 0.25) is 0 Å². The van der Waals surface area contributed by atoms with Crippen molar-refractivity contribution < 1.29 is 8.42 Å². The van der Waals surface area contributed by atoms with Gasteiger partial charge in [0.2, 0.25) is 10.0 Å². The summed E-state index contributed by atoms with van der Waals surface area (Å²) in [6.45, 7) is 2.08. The number of rotatable bonds is 4. The maximum Gasteiger partial charge on any atom is 0.243 e. The van der Waals surface area contributed by atoms with Crippen molar-refractivity contribution in [2.24, 2.45) is 5.73 Å². The predicted molar refractivity (Wildman–Crippen MR) is 85.1 cm³/mol. The molecule has 0 spiro atoms. The molecule has 0 saturated heterocycles. The molecule has 6 heteroatoms. The van der Waals surface area contributed by atoms with Crippen molar-refractivity contribution in [3.8, 4) is 0 Å². The average Bonchev–Trinajstić information content (AvgIpc) is 2.44. The minimum absolute atomic E-state index is 0.236. The van der Waals surface area contributed by atoms with E-state index >= 15 is 0 Å². The lowest BCUT2D eigenvalue weighted by Crippen LogP contribution is -2.39. The molecular weight excluding hydrogens is 340 g/mol. The summed E-state index contributed by atoms with van der Waals surface area (Å²) in [4.78, 5) is 0.287. The van der Waals surface area contributed by atoms with Gasteiger partial charge in [-0.2, -0.15) is 4.31 Å². The Hall–Kier alpha value is -0.950. The predicted octanol–water partition coefficient (Wildman–Crippen LogP) is 2.57. The van der Waals surface area contributed by atoms with Crippen LogP contribution in [0.5, 0.6) is 0 Å². The Morgan fingerprint density at radius 2 is 1.80 bits per heavy atom. The van der Waals surface area contributed by atoms with E-state index in [1.165, 1.54) is 4.31 Å². The number of likely N-dealkylation sites (N-methyl/N-ethyl adjacent to an activating group) is 1. The van der Waals surface area contributed by atoms with Crippen LogP contribution < -0.4 is 5.73 Å². The lowest BCUT2D eigenvalue weighted by molar-refractivity contribution is 0.394. The van der Waals surface area contributed by atoms with E-state index in [1.54, 1.807) is 26.1 Å². The number of nitrogens with two attached hydrogens (primary N) is 1. The Bertz CT molecular complexity index is 731. The lowest BCUT2D eigenvalue weighted by Gasteiger charge is -2.23. The highest BCUT2D eigenvalue weighted by Crippen LogP contribution is 2.24. The highest BCUT2D eigenvalue weighted by molar-refractivity contribution is 9.10. The van der Waals surface area contributed by atoms with Gasteiger partial charge in [-0.25, -0.2) is 8.42 Å². The van der Waals surface area contributed by atoms with Crippen LogP contribution in [0.1, 0.15) is 6.92 Å². The molecule has 2 aromatic rings. The van der Waals surface area contributed by atoms with E-state index in [-0.39, 0.29) is 17.5 Å². The first-order valence-corrected chi connectivity index (χ1v) is 8.47. The first-order chi connectivity index (χ1) is 9.36. The van der Waals surface area contributed by atoms with Gasteiger partial charge in [0, 0.05) is 24.1 Å². The topological polar surface area (TPSA) is 63.4 Å². The fraction of sp³-hybridized carbons (Fsp3) is 0.286. The fourth-order valence-corrected chi connectivity index (χ4v) is 3.69. The normalized spacial score (nSPS) is 13.8. The van der Waals surface area contributed by atoms with Crippen molar-refractivity contribution in [2.45, 2.75) is 17.9 Å². The third kappa shape index (κ3) is 2.88. The molecule has 108 valence electrons. The summed E-state index contributed by atoms with van der Waals surface area (Å²) >= 11 is 3.40. The molecule has 0 saturated carbocycles. The van der Waals surface area contributed by atoms with E-state index in [9.17, 15) is 8.42 Å². The fourth-order valence-electron chi connectivity index (χ4n) is 1.91. The summed E-state index contributed by atoms with van der Waals surface area (Å²) in [5.41, 5.74) is 5.54. The van der Waals surface area contributed by atoms with Crippen LogP contribution in [0.15, 0.2) is 45.8 Å². The number of sulfonamides is 1. The number of fused-ring (bicyclic) bond motifs is 1. The number of nitrogens with zero attached hydrogens (tertiary/aromatic N) is 1. The van der Waals surface area contributed by atoms with Gasteiger partial charge in [-0.05, 0) is 42.0 Å². The Labute approximate surface area is 127 Å². The van der Waals surface area contributed by atoms with Gasteiger partial charge in [0.15, 0.2) is 0 Å². The maximum atomic E-state index is 12.5. The van der Waals surface area contributed by atoms with Gasteiger partial charge in [-0.1, -0.05) is 28.1 Å². The summed E-state index contributed by atoms with van der Waals surface area (Å²) < 4.78 is 27.3. The van der Waals surface area contributed by atoms with Gasteiger partial charge in [0.05, 0.1) is 4.90 Å². The first kappa shape index (κ1) is 15.4. The number of hydrogen-bond acceptors (Lipinski definition) is 3. The second-order valence-corrected chi connectivity index (χ2v) is 7.67. The molecule has 2 N–H and O–H groups in total. The van der Waals surface area contributed by atoms with Gasteiger partial charge in [0.25, 0.3) is 0 Å². The van der Waals surface area contributed by atoms with Crippen LogP contribution in [-0.2, 0) is 10.0 Å². The second kappa shape index (κ2) is 5.81. The van der Waals surface area contributed by atoms with Gasteiger partial charge in [0.1, 0.15) is 0 Å². The van der Waals surface area contributed by atoms with Crippen molar-refractivity contribution >= 4 is 36.7 Å². The zero-order chi connectivity index (χ0) is 14.9. The number of benzene rings is 2. The molecule has 0 aromatic heterocycles. The smallest absolute Gasteiger partial charge is 0.243 e. The zero-order valence-electron chi connectivity index (χ0n) is 11.4. The average molecular weight is 357 g/mol. The molecule has 2 aromatic carbocycles. The van der Waals surface area contributed by atoms with E-state index in [0.717, 1.165) is 15.2 Å². The summed E-state index contributed by atoms with van der Waals surface area (Å²) in [6, 6.07) is 10.6. The van der Waals surface area contributed by atoms with Gasteiger partial charge in [-0.15, -0.1) is 0 Å². The van der Waals surface area contributed by atoms with Crippen LogP contribution >= 0.6 is 15.9 Å². The van der Waals surface area contributed by atoms with Crippen molar-refractivity contribution in [3.05, 3.63) is 40.9 Å². The molecule has 0 radical (unpaired) electrons. The highest BCUT2D eigenvalue weighted by atomic mass is 79.9. The highest BCUT2D eigenvalue weighted by Gasteiger charge is 2.24. The van der Waals surface area contributed by atoms with E-state index in [0.29, 0.717) is 0 Å². The van der Waals surface area contributed by atoms with Crippen molar-refractivity contribution in [1.29, 1.82) is 0 Å². The summed E-state index contributed by atoms with van der Waals surface area (Å²) in [5.74, 6) is 0. The third-order valence-electron chi connectivity index (χ3n) is 3.41. The van der Waals surface area contributed by atoms with Crippen LogP contribution in [0.25, 0.3) is 10.8 Å². The molecule has 0 fully saturated rings. The molecule has 0 heterocycles. The van der Waals surface area contributed by atoms with Crippen molar-refractivity contribution in [3.63, 3.8) is 0 Å². The Kier molecular flexibility index (Phi) is 4.49. The lowest BCUT2D eigenvalue weighted by atomic mass is 10.1. The van der Waals surface area contributed by atoms with Crippen LogP contribution in [0.3, 0.4) is 0 Å². The SMILES string of the molecule is CC(CN)N(C)S(=O)(=O)c1ccc2cc(Br)ccc2c1. The summed E-state index contributed by atoms with van der Waals surface area (Å²) in [6.07, 6.45) is 0. The molecule has 1 unspecified atom stereocenters. The molecule has 0 bridgehead atoms.